The zero-order chi connectivity index (χ0) is 15.2. The number of hydrogen-bond donors (Lipinski definition) is 2. The summed E-state index contributed by atoms with van der Waals surface area (Å²) >= 11 is 0. The predicted molar refractivity (Wildman–Crippen MR) is 84.7 cm³/mol. The van der Waals surface area contributed by atoms with E-state index in [1.165, 1.54) is 11.1 Å². The lowest BCUT2D eigenvalue weighted by Crippen LogP contribution is -2.50. The Kier molecular flexibility index (Phi) is 5.59. The molecule has 0 saturated carbocycles. The number of β-amino-alcohol motifs (C(OH)–C–C–N with tert-alkyl or cyclic N) is 1. The molecule has 1 aliphatic rings. The zero-order valence-corrected chi connectivity index (χ0v) is 12.9. The van der Waals surface area contributed by atoms with Crippen molar-refractivity contribution in [1.29, 1.82) is 0 Å². The third-order valence-corrected chi connectivity index (χ3v) is 4.06. The first-order chi connectivity index (χ1) is 10.1. The summed E-state index contributed by atoms with van der Waals surface area (Å²) in [5.41, 5.74) is 3.38. The van der Waals surface area contributed by atoms with E-state index in [1.807, 2.05) is 17.0 Å². The molecule has 2 amide bonds. The third-order valence-electron chi connectivity index (χ3n) is 4.06. The lowest BCUT2D eigenvalue weighted by Gasteiger charge is -2.34. The Bertz CT molecular complexity index is 482. The lowest BCUT2D eigenvalue weighted by atomic mass is 10.1. The number of nitrogens with one attached hydrogen (secondary N) is 1. The fourth-order valence-corrected chi connectivity index (χ4v) is 2.65. The van der Waals surface area contributed by atoms with Crippen LogP contribution in [0, 0.1) is 6.92 Å². The maximum Gasteiger partial charge on any atom is 0.321 e. The summed E-state index contributed by atoms with van der Waals surface area (Å²) in [4.78, 5) is 16.3. The highest BCUT2D eigenvalue weighted by Gasteiger charge is 2.20. The van der Waals surface area contributed by atoms with Crippen molar-refractivity contribution in [2.75, 3.05) is 44.6 Å². The Morgan fingerprint density at radius 1 is 1.29 bits per heavy atom. The van der Waals surface area contributed by atoms with Gasteiger partial charge in [-0.05, 0) is 36.6 Å². The minimum Gasteiger partial charge on any atom is -0.395 e. The lowest BCUT2D eigenvalue weighted by molar-refractivity contribution is 0.127. The van der Waals surface area contributed by atoms with Crippen molar-refractivity contribution in [2.45, 2.75) is 20.3 Å². The number of nitrogens with zero attached hydrogens (tertiary/aromatic N) is 2. The monoisotopic (exact) mass is 291 g/mol. The summed E-state index contributed by atoms with van der Waals surface area (Å²) in [5.74, 6) is 0. The van der Waals surface area contributed by atoms with E-state index in [2.05, 4.69) is 30.1 Å². The summed E-state index contributed by atoms with van der Waals surface area (Å²) < 4.78 is 0. The van der Waals surface area contributed by atoms with Gasteiger partial charge in [-0.15, -0.1) is 0 Å². The zero-order valence-electron chi connectivity index (χ0n) is 12.9. The van der Waals surface area contributed by atoms with E-state index >= 15 is 0 Å². The molecule has 0 aliphatic carbocycles. The molecule has 1 fully saturated rings. The average Bonchev–Trinajstić information content (AvgIpc) is 2.50. The second-order valence-corrected chi connectivity index (χ2v) is 5.48. The SMILES string of the molecule is CCc1cc(NC(=O)N2CCN(CCO)CC2)ccc1C. The number of rotatable bonds is 4. The van der Waals surface area contributed by atoms with E-state index in [0.29, 0.717) is 19.6 Å². The fraction of sp³-hybridized carbons (Fsp3) is 0.562. The molecule has 5 nitrogen and oxygen atoms in total. The highest BCUT2D eigenvalue weighted by Crippen LogP contribution is 2.16. The molecular weight excluding hydrogens is 266 g/mol. The van der Waals surface area contributed by atoms with Crippen LogP contribution < -0.4 is 5.32 Å². The first-order valence-electron chi connectivity index (χ1n) is 7.62. The van der Waals surface area contributed by atoms with Gasteiger partial charge in [-0.25, -0.2) is 4.79 Å². The van der Waals surface area contributed by atoms with E-state index in [9.17, 15) is 4.79 Å². The number of amides is 2. The summed E-state index contributed by atoms with van der Waals surface area (Å²) in [7, 11) is 0. The van der Waals surface area contributed by atoms with Crippen LogP contribution in [0.15, 0.2) is 18.2 Å². The Morgan fingerprint density at radius 2 is 2.00 bits per heavy atom. The summed E-state index contributed by atoms with van der Waals surface area (Å²) in [5, 5.41) is 11.9. The molecule has 1 saturated heterocycles. The van der Waals surface area contributed by atoms with E-state index in [1.54, 1.807) is 0 Å². The number of benzene rings is 1. The molecule has 0 atom stereocenters. The summed E-state index contributed by atoms with van der Waals surface area (Å²) in [6.07, 6.45) is 0.968. The van der Waals surface area contributed by atoms with Gasteiger partial charge in [0.15, 0.2) is 0 Å². The second-order valence-electron chi connectivity index (χ2n) is 5.48. The van der Waals surface area contributed by atoms with Crippen LogP contribution in [0.1, 0.15) is 18.1 Å². The van der Waals surface area contributed by atoms with Gasteiger partial charge in [0, 0.05) is 38.4 Å². The van der Waals surface area contributed by atoms with Crippen molar-refractivity contribution in [1.82, 2.24) is 9.80 Å². The molecule has 0 aromatic heterocycles. The molecule has 116 valence electrons. The molecule has 1 heterocycles. The number of aliphatic hydroxyl groups is 1. The molecule has 2 rings (SSSR count). The van der Waals surface area contributed by atoms with Gasteiger partial charge < -0.3 is 15.3 Å². The molecule has 1 aliphatic heterocycles. The standard InChI is InChI=1S/C16H25N3O2/c1-3-14-12-15(5-4-13(14)2)17-16(21)19-8-6-18(7-9-19)10-11-20/h4-5,12,20H,3,6-11H2,1-2H3,(H,17,21). The van der Waals surface area contributed by atoms with Gasteiger partial charge in [0.1, 0.15) is 0 Å². The minimum atomic E-state index is -0.0374. The first-order valence-corrected chi connectivity index (χ1v) is 7.62. The normalized spacial score (nSPS) is 16.0. The van der Waals surface area contributed by atoms with Gasteiger partial charge in [-0.3, -0.25) is 4.90 Å². The molecule has 5 heteroatoms. The summed E-state index contributed by atoms with van der Waals surface area (Å²) in [6.45, 7) is 8.13. The topological polar surface area (TPSA) is 55.8 Å². The van der Waals surface area contributed by atoms with Crippen molar-refractivity contribution in [3.8, 4) is 0 Å². The van der Waals surface area contributed by atoms with Crippen molar-refractivity contribution in [2.24, 2.45) is 0 Å². The van der Waals surface area contributed by atoms with Gasteiger partial charge in [-0.1, -0.05) is 13.0 Å². The maximum absolute atomic E-state index is 12.3. The van der Waals surface area contributed by atoms with E-state index in [4.69, 9.17) is 5.11 Å². The highest BCUT2D eigenvalue weighted by molar-refractivity contribution is 5.89. The van der Waals surface area contributed by atoms with Crippen molar-refractivity contribution >= 4 is 11.7 Å². The van der Waals surface area contributed by atoms with E-state index < -0.39 is 0 Å². The molecular formula is C16H25N3O2. The maximum atomic E-state index is 12.3. The third kappa shape index (κ3) is 4.19. The van der Waals surface area contributed by atoms with Crippen molar-refractivity contribution in [3.05, 3.63) is 29.3 Å². The Morgan fingerprint density at radius 3 is 2.62 bits per heavy atom. The molecule has 1 aromatic carbocycles. The van der Waals surface area contributed by atoms with Crippen LogP contribution >= 0.6 is 0 Å². The van der Waals surface area contributed by atoms with E-state index in [0.717, 1.165) is 25.2 Å². The number of urea groups is 1. The van der Waals surface area contributed by atoms with Gasteiger partial charge in [0.25, 0.3) is 0 Å². The number of piperazine rings is 1. The number of carbonyl (C=O) groups is 1. The molecule has 2 N–H and O–H groups in total. The number of carbonyl (C=O) groups excluding carboxylic acids is 1. The number of aryl methyl sites for hydroxylation is 2. The Labute approximate surface area is 126 Å². The molecule has 0 bridgehead atoms. The summed E-state index contributed by atoms with van der Waals surface area (Å²) in [6, 6.07) is 6.02. The van der Waals surface area contributed by atoms with Crippen LogP contribution in [0.25, 0.3) is 0 Å². The quantitative estimate of drug-likeness (QED) is 0.888. The van der Waals surface area contributed by atoms with Crippen LogP contribution in [0.5, 0.6) is 0 Å². The van der Waals surface area contributed by atoms with Crippen LogP contribution in [-0.4, -0.2) is 60.3 Å². The van der Waals surface area contributed by atoms with Crippen LogP contribution in [0.4, 0.5) is 10.5 Å². The van der Waals surface area contributed by atoms with Gasteiger partial charge in [-0.2, -0.15) is 0 Å². The predicted octanol–water partition coefficient (Wildman–Crippen LogP) is 1.70. The van der Waals surface area contributed by atoms with Gasteiger partial charge in [0.2, 0.25) is 0 Å². The molecule has 0 spiro atoms. The fourth-order valence-electron chi connectivity index (χ4n) is 2.65. The number of anilines is 1. The smallest absolute Gasteiger partial charge is 0.321 e. The van der Waals surface area contributed by atoms with Crippen LogP contribution in [0.3, 0.4) is 0 Å². The second kappa shape index (κ2) is 7.43. The van der Waals surface area contributed by atoms with Gasteiger partial charge >= 0.3 is 6.03 Å². The van der Waals surface area contributed by atoms with Crippen molar-refractivity contribution < 1.29 is 9.90 Å². The van der Waals surface area contributed by atoms with Crippen LogP contribution in [-0.2, 0) is 6.42 Å². The Balaban J connectivity index is 1.90. The van der Waals surface area contributed by atoms with E-state index in [-0.39, 0.29) is 12.6 Å². The molecule has 21 heavy (non-hydrogen) atoms. The molecule has 0 radical (unpaired) electrons. The largest absolute Gasteiger partial charge is 0.395 e. The van der Waals surface area contributed by atoms with Crippen LogP contribution in [0.2, 0.25) is 0 Å². The number of aliphatic hydroxyl groups excluding tert-OH is 1. The number of hydrogen-bond acceptors (Lipinski definition) is 3. The van der Waals surface area contributed by atoms with Gasteiger partial charge in [0.05, 0.1) is 6.61 Å². The molecule has 0 unspecified atom stereocenters. The Hall–Kier alpha value is -1.59. The highest BCUT2D eigenvalue weighted by atomic mass is 16.3. The first kappa shape index (κ1) is 15.8. The minimum absolute atomic E-state index is 0.0374. The van der Waals surface area contributed by atoms with Crippen molar-refractivity contribution in [3.63, 3.8) is 0 Å². The average molecular weight is 291 g/mol. The molecule has 1 aromatic rings.